The third-order valence-corrected chi connectivity index (χ3v) is 4.17. The molecule has 112 valence electrons. The molecule has 0 spiro atoms. The summed E-state index contributed by atoms with van der Waals surface area (Å²) in [6, 6.07) is 10.4. The van der Waals surface area contributed by atoms with E-state index in [4.69, 9.17) is 5.73 Å². The van der Waals surface area contributed by atoms with E-state index >= 15 is 0 Å². The van der Waals surface area contributed by atoms with E-state index in [9.17, 15) is 4.79 Å². The number of amides is 1. The molecule has 0 saturated carbocycles. The molecule has 1 amide bonds. The van der Waals surface area contributed by atoms with Crippen LogP contribution in [0.2, 0.25) is 0 Å². The van der Waals surface area contributed by atoms with Gasteiger partial charge in [0.15, 0.2) is 0 Å². The molecule has 1 heterocycles. The first-order valence-electron chi connectivity index (χ1n) is 7.25. The second-order valence-electron chi connectivity index (χ2n) is 5.51. The van der Waals surface area contributed by atoms with E-state index < -0.39 is 0 Å². The van der Waals surface area contributed by atoms with Gasteiger partial charge in [0.1, 0.15) is 0 Å². The molecule has 1 aliphatic heterocycles. The zero-order valence-corrected chi connectivity index (χ0v) is 13.1. The predicted molar refractivity (Wildman–Crippen MR) is 84.9 cm³/mol. The van der Waals surface area contributed by atoms with Gasteiger partial charge in [0, 0.05) is 24.5 Å². The molecule has 2 N–H and O–H groups in total. The Balaban J connectivity index is 0.00000200. The summed E-state index contributed by atoms with van der Waals surface area (Å²) >= 11 is 0. The van der Waals surface area contributed by atoms with Gasteiger partial charge in [-0.15, -0.1) is 12.4 Å². The van der Waals surface area contributed by atoms with Crippen molar-refractivity contribution in [1.82, 2.24) is 4.90 Å². The first kappa shape index (κ1) is 17.0. The van der Waals surface area contributed by atoms with Crippen LogP contribution in [0, 0.1) is 0 Å². The van der Waals surface area contributed by atoms with E-state index in [0.717, 1.165) is 24.8 Å². The predicted octanol–water partition coefficient (Wildman–Crippen LogP) is 3.29. The summed E-state index contributed by atoms with van der Waals surface area (Å²) in [6.45, 7) is 4.29. The second-order valence-corrected chi connectivity index (χ2v) is 5.51. The Morgan fingerprint density at radius 1 is 1.35 bits per heavy atom. The van der Waals surface area contributed by atoms with E-state index in [1.807, 2.05) is 30.3 Å². The van der Waals surface area contributed by atoms with E-state index in [1.54, 1.807) is 0 Å². The van der Waals surface area contributed by atoms with Crippen LogP contribution < -0.4 is 5.73 Å². The van der Waals surface area contributed by atoms with Crippen molar-refractivity contribution in [1.29, 1.82) is 0 Å². The third kappa shape index (κ3) is 3.74. The molecule has 4 heteroatoms. The van der Waals surface area contributed by atoms with Gasteiger partial charge in [-0.05, 0) is 31.7 Å². The smallest absolute Gasteiger partial charge is 0.224 e. The molecule has 1 aromatic carbocycles. The van der Waals surface area contributed by atoms with Gasteiger partial charge in [0.2, 0.25) is 5.91 Å². The molecule has 1 saturated heterocycles. The summed E-state index contributed by atoms with van der Waals surface area (Å²) in [5.74, 6) is 0.202. The molecule has 3 nitrogen and oxygen atoms in total. The lowest BCUT2D eigenvalue weighted by atomic mass is 10.0. The van der Waals surface area contributed by atoms with Crippen molar-refractivity contribution in [2.24, 2.45) is 5.73 Å². The quantitative estimate of drug-likeness (QED) is 0.927. The maximum atomic E-state index is 12.5. The van der Waals surface area contributed by atoms with Gasteiger partial charge < -0.3 is 10.6 Å². The Morgan fingerprint density at radius 3 is 2.60 bits per heavy atom. The van der Waals surface area contributed by atoms with E-state index in [0.29, 0.717) is 18.5 Å². The Morgan fingerprint density at radius 2 is 2.00 bits per heavy atom. The normalized spacial score (nSPS) is 23.2. The molecule has 0 aromatic heterocycles. The molecule has 1 aromatic rings. The van der Waals surface area contributed by atoms with Crippen molar-refractivity contribution >= 4 is 18.3 Å². The van der Waals surface area contributed by atoms with Crippen molar-refractivity contribution in [2.45, 2.75) is 57.7 Å². The van der Waals surface area contributed by atoms with Crippen LogP contribution in [0.15, 0.2) is 30.3 Å². The number of benzene rings is 1. The van der Waals surface area contributed by atoms with E-state index in [1.165, 1.54) is 0 Å². The largest absolute Gasteiger partial charge is 0.337 e. The molecule has 3 unspecified atom stereocenters. The van der Waals surface area contributed by atoms with Crippen LogP contribution in [0.3, 0.4) is 0 Å². The number of likely N-dealkylation sites (tertiary alicyclic amines) is 1. The molecular weight excluding hydrogens is 272 g/mol. The lowest BCUT2D eigenvalue weighted by molar-refractivity contribution is -0.134. The Bertz CT molecular complexity index is 424. The number of carbonyl (C=O) groups is 1. The molecule has 2 rings (SSSR count). The molecule has 20 heavy (non-hydrogen) atoms. The zero-order chi connectivity index (χ0) is 13.8. The van der Waals surface area contributed by atoms with Gasteiger partial charge in [0.25, 0.3) is 0 Å². The van der Waals surface area contributed by atoms with Crippen LogP contribution in [0.25, 0.3) is 0 Å². The van der Waals surface area contributed by atoms with Gasteiger partial charge in [0.05, 0.1) is 0 Å². The van der Waals surface area contributed by atoms with Crippen LogP contribution in [0.1, 0.15) is 51.1 Å². The number of rotatable bonds is 4. The van der Waals surface area contributed by atoms with Gasteiger partial charge in [-0.1, -0.05) is 37.3 Å². The standard InChI is InChI=1S/C16H24N2O.ClH/c1-3-14-10-9-12(2)18(14)16(19)11-15(17)13-7-5-4-6-8-13;/h4-8,12,14-15H,3,9-11,17H2,1-2H3;1H. The first-order chi connectivity index (χ1) is 9.13. The van der Waals surface area contributed by atoms with Crippen LogP contribution in [0.4, 0.5) is 0 Å². The average Bonchev–Trinajstić information content (AvgIpc) is 2.80. The molecule has 1 fully saturated rings. The van der Waals surface area contributed by atoms with Crippen LogP contribution in [-0.2, 0) is 4.79 Å². The van der Waals surface area contributed by atoms with Gasteiger partial charge in [-0.2, -0.15) is 0 Å². The highest BCUT2D eigenvalue weighted by Gasteiger charge is 2.33. The van der Waals surface area contributed by atoms with Crippen molar-refractivity contribution in [3.05, 3.63) is 35.9 Å². The maximum absolute atomic E-state index is 12.5. The summed E-state index contributed by atoms with van der Waals surface area (Å²) in [4.78, 5) is 14.5. The Labute approximate surface area is 127 Å². The summed E-state index contributed by atoms with van der Waals surface area (Å²) < 4.78 is 0. The fourth-order valence-electron chi connectivity index (χ4n) is 3.03. The topological polar surface area (TPSA) is 46.3 Å². The number of hydrogen-bond donors (Lipinski definition) is 1. The highest BCUT2D eigenvalue weighted by molar-refractivity contribution is 5.85. The number of halogens is 1. The minimum Gasteiger partial charge on any atom is -0.337 e. The highest BCUT2D eigenvalue weighted by atomic mass is 35.5. The molecular formula is C16H25ClN2O. The monoisotopic (exact) mass is 296 g/mol. The Kier molecular flexibility index (Phi) is 6.50. The highest BCUT2D eigenvalue weighted by Crippen LogP contribution is 2.28. The fraction of sp³-hybridized carbons (Fsp3) is 0.562. The van der Waals surface area contributed by atoms with Crippen LogP contribution >= 0.6 is 12.4 Å². The van der Waals surface area contributed by atoms with Crippen molar-refractivity contribution in [2.75, 3.05) is 0 Å². The van der Waals surface area contributed by atoms with Gasteiger partial charge in [-0.25, -0.2) is 0 Å². The summed E-state index contributed by atoms with van der Waals surface area (Å²) in [5.41, 5.74) is 7.19. The SMILES string of the molecule is CCC1CCC(C)N1C(=O)CC(N)c1ccccc1.Cl. The minimum absolute atomic E-state index is 0. The minimum atomic E-state index is -0.195. The third-order valence-electron chi connectivity index (χ3n) is 4.17. The molecule has 3 atom stereocenters. The zero-order valence-electron chi connectivity index (χ0n) is 12.3. The maximum Gasteiger partial charge on any atom is 0.224 e. The fourth-order valence-corrected chi connectivity index (χ4v) is 3.03. The van der Waals surface area contributed by atoms with Crippen LogP contribution in [-0.4, -0.2) is 22.9 Å². The average molecular weight is 297 g/mol. The number of carbonyl (C=O) groups excluding carboxylic acids is 1. The Hall–Kier alpha value is -1.06. The van der Waals surface area contributed by atoms with E-state index in [2.05, 4.69) is 18.7 Å². The van der Waals surface area contributed by atoms with Crippen LogP contribution in [0.5, 0.6) is 0 Å². The summed E-state index contributed by atoms with van der Waals surface area (Å²) in [5, 5.41) is 0. The van der Waals surface area contributed by atoms with E-state index in [-0.39, 0.29) is 24.4 Å². The first-order valence-corrected chi connectivity index (χ1v) is 7.25. The second kappa shape index (κ2) is 7.65. The van der Waals surface area contributed by atoms with Crippen molar-refractivity contribution in [3.63, 3.8) is 0 Å². The lowest BCUT2D eigenvalue weighted by Gasteiger charge is -2.29. The molecule has 0 radical (unpaired) electrons. The number of nitrogens with two attached hydrogens (primary N) is 1. The van der Waals surface area contributed by atoms with Crippen molar-refractivity contribution < 1.29 is 4.79 Å². The molecule has 1 aliphatic rings. The van der Waals surface area contributed by atoms with Crippen molar-refractivity contribution in [3.8, 4) is 0 Å². The molecule has 0 aliphatic carbocycles. The number of hydrogen-bond acceptors (Lipinski definition) is 2. The summed E-state index contributed by atoms with van der Waals surface area (Å²) in [7, 11) is 0. The van der Waals surface area contributed by atoms with Gasteiger partial charge in [-0.3, -0.25) is 4.79 Å². The summed E-state index contributed by atoms with van der Waals surface area (Å²) in [6.07, 6.45) is 3.69. The lowest BCUT2D eigenvalue weighted by Crippen LogP contribution is -2.40. The number of nitrogens with zero attached hydrogens (tertiary/aromatic N) is 1. The molecule has 0 bridgehead atoms. The van der Waals surface area contributed by atoms with Gasteiger partial charge >= 0.3 is 0 Å².